The van der Waals surface area contributed by atoms with E-state index in [9.17, 15) is 9.59 Å². The maximum absolute atomic E-state index is 12.5. The molecule has 106 valence electrons. The van der Waals surface area contributed by atoms with Gasteiger partial charge >= 0.3 is 5.97 Å². The number of anilines is 1. The van der Waals surface area contributed by atoms with Gasteiger partial charge in [0.2, 0.25) is 0 Å². The van der Waals surface area contributed by atoms with Gasteiger partial charge in [0.25, 0.3) is 5.56 Å². The van der Waals surface area contributed by atoms with Crippen LogP contribution in [0.1, 0.15) is 30.6 Å². The van der Waals surface area contributed by atoms with Crippen molar-refractivity contribution in [2.24, 2.45) is 0 Å². The zero-order valence-electron chi connectivity index (χ0n) is 11.5. The first kappa shape index (κ1) is 14.0. The van der Waals surface area contributed by atoms with E-state index in [1.807, 2.05) is 6.92 Å². The molecule has 0 aliphatic heterocycles. The van der Waals surface area contributed by atoms with Crippen LogP contribution in [0.3, 0.4) is 0 Å². The third-order valence-corrected chi connectivity index (χ3v) is 3.03. The summed E-state index contributed by atoms with van der Waals surface area (Å²) in [4.78, 5) is 28.4. The number of aromatic nitrogens is 2. The maximum Gasteiger partial charge on any atom is 0.345 e. The summed E-state index contributed by atoms with van der Waals surface area (Å²) in [6.07, 6.45) is 3.92. The molecule has 0 saturated heterocycles. The quantitative estimate of drug-likeness (QED) is 0.856. The number of hydrogen-bond donors (Lipinski definition) is 1. The Balaban J connectivity index is 2.82. The molecule has 0 amide bonds. The van der Waals surface area contributed by atoms with E-state index in [-0.39, 0.29) is 17.9 Å². The Labute approximate surface area is 116 Å². The summed E-state index contributed by atoms with van der Waals surface area (Å²) >= 11 is 0. The van der Waals surface area contributed by atoms with E-state index < -0.39 is 11.5 Å². The Hall–Kier alpha value is -2.37. The Morgan fingerprint density at radius 3 is 2.85 bits per heavy atom. The molecule has 2 aromatic rings. The molecule has 2 N–H and O–H groups in total. The molecule has 0 fully saturated rings. The summed E-state index contributed by atoms with van der Waals surface area (Å²) in [5.41, 5.74) is 6.24. The predicted molar refractivity (Wildman–Crippen MR) is 76.7 cm³/mol. The highest BCUT2D eigenvalue weighted by molar-refractivity contribution is 6.03. The molecule has 6 nitrogen and oxygen atoms in total. The van der Waals surface area contributed by atoms with Crippen molar-refractivity contribution in [1.29, 1.82) is 0 Å². The number of carbonyl (C=O) groups excluding carboxylic acids is 1. The van der Waals surface area contributed by atoms with Crippen LogP contribution in [-0.4, -0.2) is 22.1 Å². The van der Waals surface area contributed by atoms with E-state index in [2.05, 4.69) is 4.98 Å². The first-order valence-electron chi connectivity index (χ1n) is 6.54. The number of pyridine rings is 2. The summed E-state index contributed by atoms with van der Waals surface area (Å²) in [6.45, 7) is 4.34. The molecule has 0 aromatic carbocycles. The van der Waals surface area contributed by atoms with Crippen LogP contribution >= 0.6 is 0 Å². The molecule has 0 bridgehead atoms. The van der Waals surface area contributed by atoms with Crippen LogP contribution in [0.5, 0.6) is 0 Å². The van der Waals surface area contributed by atoms with Crippen molar-refractivity contribution in [3.05, 3.63) is 34.4 Å². The van der Waals surface area contributed by atoms with Crippen LogP contribution in [0.2, 0.25) is 0 Å². The van der Waals surface area contributed by atoms with Gasteiger partial charge in [-0.05, 0) is 19.4 Å². The van der Waals surface area contributed by atoms with Crippen LogP contribution in [0, 0.1) is 0 Å². The summed E-state index contributed by atoms with van der Waals surface area (Å²) in [6, 6.07) is 1.72. The average molecular weight is 275 g/mol. The fourth-order valence-electron chi connectivity index (χ4n) is 2.17. The molecule has 0 radical (unpaired) electrons. The maximum atomic E-state index is 12.5. The largest absolute Gasteiger partial charge is 0.462 e. The van der Waals surface area contributed by atoms with Crippen LogP contribution in [0.25, 0.3) is 10.9 Å². The van der Waals surface area contributed by atoms with Gasteiger partial charge in [0, 0.05) is 24.3 Å². The zero-order chi connectivity index (χ0) is 14.7. The third-order valence-electron chi connectivity index (χ3n) is 3.03. The minimum Gasteiger partial charge on any atom is -0.462 e. The predicted octanol–water partition coefficient (Wildman–Crippen LogP) is 1.57. The van der Waals surface area contributed by atoms with Crippen molar-refractivity contribution in [3.63, 3.8) is 0 Å². The number of nitrogens with two attached hydrogens (primary N) is 1. The molecule has 0 spiro atoms. The monoisotopic (exact) mass is 275 g/mol. The summed E-state index contributed by atoms with van der Waals surface area (Å²) in [7, 11) is 0. The average Bonchev–Trinajstić information content (AvgIpc) is 2.44. The molecule has 0 aliphatic carbocycles. The van der Waals surface area contributed by atoms with Crippen molar-refractivity contribution >= 4 is 22.6 Å². The number of fused-ring (bicyclic) bond motifs is 1. The number of nitrogen functional groups attached to an aromatic ring is 1. The zero-order valence-corrected chi connectivity index (χ0v) is 11.5. The van der Waals surface area contributed by atoms with Gasteiger partial charge in [-0.15, -0.1) is 0 Å². The van der Waals surface area contributed by atoms with Gasteiger partial charge in [0.15, 0.2) is 0 Å². The second kappa shape index (κ2) is 5.73. The summed E-state index contributed by atoms with van der Waals surface area (Å²) in [5, 5.41) is 0.587. The summed E-state index contributed by atoms with van der Waals surface area (Å²) < 4.78 is 6.46. The van der Waals surface area contributed by atoms with Gasteiger partial charge in [0.05, 0.1) is 17.8 Å². The first-order valence-corrected chi connectivity index (χ1v) is 6.54. The van der Waals surface area contributed by atoms with E-state index in [0.29, 0.717) is 17.4 Å². The van der Waals surface area contributed by atoms with Crippen molar-refractivity contribution in [3.8, 4) is 0 Å². The Morgan fingerprint density at radius 2 is 2.20 bits per heavy atom. The fourth-order valence-corrected chi connectivity index (χ4v) is 2.17. The van der Waals surface area contributed by atoms with Crippen molar-refractivity contribution in [1.82, 2.24) is 9.55 Å². The molecular weight excluding hydrogens is 258 g/mol. The molecule has 0 saturated carbocycles. The van der Waals surface area contributed by atoms with E-state index in [1.165, 1.54) is 0 Å². The lowest BCUT2D eigenvalue weighted by molar-refractivity contribution is 0.0525. The highest BCUT2D eigenvalue weighted by Crippen LogP contribution is 2.22. The fraction of sp³-hybridized carbons (Fsp3) is 0.357. The van der Waals surface area contributed by atoms with Crippen LogP contribution < -0.4 is 11.3 Å². The lowest BCUT2D eigenvalue weighted by Gasteiger charge is -2.14. The van der Waals surface area contributed by atoms with E-state index in [4.69, 9.17) is 10.5 Å². The number of nitrogens with zero attached hydrogens (tertiary/aromatic N) is 2. The van der Waals surface area contributed by atoms with Crippen LogP contribution in [-0.2, 0) is 11.3 Å². The SMILES string of the molecule is CCCn1c(=O)c(C(=O)OCC)c(N)c2cnccc21. The molecule has 20 heavy (non-hydrogen) atoms. The number of esters is 1. The summed E-state index contributed by atoms with van der Waals surface area (Å²) in [5.74, 6) is -0.689. The van der Waals surface area contributed by atoms with Crippen molar-refractivity contribution < 1.29 is 9.53 Å². The lowest BCUT2D eigenvalue weighted by Crippen LogP contribution is -2.29. The van der Waals surface area contributed by atoms with E-state index in [0.717, 1.165) is 6.42 Å². The number of rotatable bonds is 4. The standard InChI is InChI=1S/C14H17N3O3/c1-3-7-17-10-5-6-16-8-9(10)12(15)11(13(17)18)14(19)20-4-2/h5-6,8H,3-4,7,15H2,1-2H3. The van der Waals surface area contributed by atoms with Crippen LogP contribution in [0.15, 0.2) is 23.3 Å². The Morgan fingerprint density at radius 1 is 1.45 bits per heavy atom. The molecule has 0 unspecified atom stereocenters. The van der Waals surface area contributed by atoms with Gasteiger partial charge in [-0.3, -0.25) is 9.78 Å². The number of ether oxygens (including phenoxy) is 1. The topological polar surface area (TPSA) is 87.2 Å². The number of hydrogen-bond acceptors (Lipinski definition) is 5. The normalized spacial score (nSPS) is 10.7. The van der Waals surface area contributed by atoms with E-state index in [1.54, 1.807) is 30.0 Å². The second-order valence-corrected chi connectivity index (χ2v) is 4.36. The van der Waals surface area contributed by atoms with Gasteiger partial charge in [-0.2, -0.15) is 0 Å². The number of carbonyl (C=O) groups is 1. The number of aryl methyl sites for hydroxylation is 1. The molecule has 2 heterocycles. The van der Waals surface area contributed by atoms with Crippen molar-refractivity contribution in [2.45, 2.75) is 26.8 Å². The van der Waals surface area contributed by atoms with Gasteiger partial charge in [-0.25, -0.2) is 4.79 Å². The smallest absolute Gasteiger partial charge is 0.345 e. The highest BCUT2D eigenvalue weighted by Gasteiger charge is 2.21. The van der Waals surface area contributed by atoms with Gasteiger partial charge in [0.1, 0.15) is 5.56 Å². The van der Waals surface area contributed by atoms with Crippen molar-refractivity contribution in [2.75, 3.05) is 12.3 Å². The third kappa shape index (κ3) is 2.24. The highest BCUT2D eigenvalue weighted by atomic mass is 16.5. The first-order chi connectivity index (χ1) is 9.61. The Kier molecular flexibility index (Phi) is 4.02. The molecule has 0 aliphatic rings. The molecule has 0 atom stereocenters. The Bertz CT molecular complexity index is 707. The van der Waals surface area contributed by atoms with Crippen LogP contribution in [0.4, 0.5) is 5.69 Å². The lowest BCUT2D eigenvalue weighted by atomic mass is 10.1. The van der Waals surface area contributed by atoms with E-state index >= 15 is 0 Å². The molecule has 6 heteroatoms. The minimum absolute atomic E-state index is 0.110. The van der Waals surface area contributed by atoms with Gasteiger partial charge in [-0.1, -0.05) is 6.92 Å². The molecule has 2 rings (SSSR count). The molecule has 2 aromatic heterocycles. The minimum atomic E-state index is -0.689. The molecular formula is C14H17N3O3. The van der Waals surface area contributed by atoms with Gasteiger partial charge < -0.3 is 15.0 Å². The second-order valence-electron chi connectivity index (χ2n) is 4.36.